The smallest absolute Gasteiger partial charge is 0.271 e. The fraction of sp³-hybridized carbons (Fsp3) is 0.0588. The first-order chi connectivity index (χ1) is 10.7. The second kappa shape index (κ2) is 7.64. The Hall–Kier alpha value is -3.08. The van der Waals surface area contributed by atoms with Crippen LogP contribution in [0.25, 0.3) is 0 Å². The Balaban J connectivity index is 1.94. The third kappa shape index (κ3) is 4.21. The fourth-order valence-corrected chi connectivity index (χ4v) is 1.68. The van der Waals surface area contributed by atoms with Crippen LogP contribution in [0.15, 0.2) is 66.3 Å². The molecule has 0 saturated heterocycles. The van der Waals surface area contributed by atoms with Crippen LogP contribution in [-0.2, 0) is 0 Å². The van der Waals surface area contributed by atoms with Gasteiger partial charge in [0.05, 0.1) is 6.21 Å². The summed E-state index contributed by atoms with van der Waals surface area (Å²) in [5.74, 6) is 0.417. The Morgan fingerprint density at radius 2 is 1.95 bits per heavy atom. The molecule has 2 aromatic carbocycles. The highest BCUT2D eigenvalue weighted by molar-refractivity contribution is 5.95. The normalized spacial score (nSPS) is 10.4. The number of aromatic hydroxyl groups is 1. The number of phenols is 1. The maximum atomic E-state index is 11.9. The second-order valence-corrected chi connectivity index (χ2v) is 4.38. The van der Waals surface area contributed by atoms with Gasteiger partial charge >= 0.3 is 0 Å². The molecule has 0 bridgehead atoms. The number of amides is 1. The molecule has 0 atom stereocenters. The van der Waals surface area contributed by atoms with Crippen LogP contribution in [0.1, 0.15) is 15.9 Å². The minimum absolute atomic E-state index is 0.101. The number of hydrazone groups is 1. The quantitative estimate of drug-likeness (QED) is 0.489. The average molecular weight is 296 g/mol. The number of hydrogen-bond donors (Lipinski definition) is 2. The molecule has 22 heavy (non-hydrogen) atoms. The zero-order chi connectivity index (χ0) is 15.8. The lowest BCUT2D eigenvalue weighted by molar-refractivity contribution is 0.0955. The molecule has 0 saturated carbocycles. The summed E-state index contributed by atoms with van der Waals surface area (Å²) in [5.41, 5.74) is 3.38. The van der Waals surface area contributed by atoms with Gasteiger partial charge in [0.15, 0.2) is 0 Å². The minimum Gasteiger partial charge on any atom is -0.507 e. The van der Waals surface area contributed by atoms with Crippen LogP contribution < -0.4 is 10.2 Å². The zero-order valence-electron chi connectivity index (χ0n) is 11.9. The molecule has 0 radical (unpaired) electrons. The molecule has 5 nitrogen and oxygen atoms in total. The van der Waals surface area contributed by atoms with Crippen LogP contribution in [0.5, 0.6) is 11.5 Å². The van der Waals surface area contributed by atoms with E-state index in [1.807, 2.05) is 0 Å². The lowest BCUT2D eigenvalue weighted by atomic mass is 10.2. The predicted octanol–water partition coefficient (Wildman–Crippen LogP) is 2.72. The van der Waals surface area contributed by atoms with Gasteiger partial charge in [-0.25, -0.2) is 5.43 Å². The summed E-state index contributed by atoms with van der Waals surface area (Å²) >= 11 is 0. The van der Waals surface area contributed by atoms with Crippen molar-refractivity contribution in [3.8, 4) is 11.5 Å². The first-order valence-electron chi connectivity index (χ1n) is 6.66. The summed E-state index contributed by atoms with van der Waals surface area (Å²) in [6.45, 7) is 3.98. The molecule has 0 fully saturated rings. The van der Waals surface area contributed by atoms with Gasteiger partial charge in [-0.15, -0.1) is 0 Å². The lowest BCUT2D eigenvalue weighted by Gasteiger charge is -2.04. The van der Waals surface area contributed by atoms with Gasteiger partial charge in [0.25, 0.3) is 5.91 Å². The van der Waals surface area contributed by atoms with E-state index >= 15 is 0 Å². The van der Waals surface area contributed by atoms with E-state index < -0.39 is 0 Å². The molecule has 2 N–H and O–H groups in total. The monoisotopic (exact) mass is 296 g/mol. The summed E-state index contributed by atoms with van der Waals surface area (Å²) in [6.07, 6.45) is 3.03. The molecular weight excluding hydrogens is 280 g/mol. The summed E-state index contributed by atoms with van der Waals surface area (Å²) < 4.78 is 5.33. The Bertz CT molecular complexity index is 679. The Kier molecular flexibility index (Phi) is 5.31. The number of ether oxygens (including phenoxy) is 1. The largest absolute Gasteiger partial charge is 0.507 e. The fourth-order valence-electron chi connectivity index (χ4n) is 1.68. The van der Waals surface area contributed by atoms with Crippen molar-refractivity contribution in [1.29, 1.82) is 0 Å². The molecule has 1 amide bonds. The van der Waals surface area contributed by atoms with E-state index in [0.29, 0.717) is 23.5 Å². The Morgan fingerprint density at radius 3 is 2.64 bits per heavy atom. The summed E-state index contributed by atoms with van der Waals surface area (Å²) in [7, 11) is 0. The number of carbonyl (C=O) groups excluding carboxylic acids is 1. The maximum Gasteiger partial charge on any atom is 0.271 e. The molecule has 0 aliphatic rings. The third-order valence-electron chi connectivity index (χ3n) is 2.79. The highest BCUT2D eigenvalue weighted by Gasteiger charge is 2.04. The van der Waals surface area contributed by atoms with E-state index in [9.17, 15) is 9.90 Å². The van der Waals surface area contributed by atoms with E-state index in [1.54, 1.807) is 54.6 Å². The molecular formula is C17H16N2O3. The topological polar surface area (TPSA) is 70.9 Å². The van der Waals surface area contributed by atoms with Crippen LogP contribution in [0, 0.1) is 0 Å². The van der Waals surface area contributed by atoms with Crippen molar-refractivity contribution in [2.45, 2.75) is 0 Å². The van der Waals surface area contributed by atoms with Crippen LogP contribution >= 0.6 is 0 Å². The van der Waals surface area contributed by atoms with E-state index in [1.165, 1.54) is 6.21 Å². The van der Waals surface area contributed by atoms with E-state index in [4.69, 9.17) is 4.74 Å². The minimum atomic E-state index is -0.345. The summed E-state index contributed by atoms with van der Waals surface area (Å²) in [6, 6.07) is 13.4. The molecule has 2 rings (SSSR count). The number of nitrogens with one attached hydrogen (secondary N) is 1. The lowest BCUT2D eigenvalue weighted by Crippen LogP contribution is -2.17. The number of nitrogens with zero attached hydrogens (tertiary/aromatic N) is 1. The number of benzene rings is 2. The molecule has 0 heterocycles. The molecule has 0 aliphatic carbocycles. The van der Waals surface area contributed by atoms with Crippen LogP contribution in [0.2, 0.25) is 0 Å². The highest BCUT2D eigenvalue weighted by Crippen LogP contribution is 2.13. The number of phenolic OH excluding ortho intramolecular Hbond substituents is 1. The number of rotatable bonds is 6. The van der Waals surface area contributed by atoms with E-state index in [-0.39, 0.29) is 11.7 Å². The van der Waals surface area contributed by atoms with E-state index in [0.717, 1.165) is 0 Å². The number of carbonyl (C=O) groups is 1. The van der Waals surface area contributed by atoms with Crippen molar-refractivity contribution >= 4 is 12.1 Å². The third-order valence-corrected chi connectivity index (χ3v) is 2.79. The van der Waals surface area contributed by atoms with Crippen molar-refractivity contribution in [2.75, 3.05) is 6.61 Å². The highest BCUT2D eigenvalue weighted by atomic mass is 16.5. The first kappa shape index (κ1) is 15.3. The maximum absolute atomic E-state index is 11.9. The van der Waals surface area contributed by atoms with Crippen molar-refractivity contribution in [3.63, 3.8) is 0 Å². The van der Waals surface area contributed by atoms with Crippen molar-refractivity contribution in [2.24, 2.45) is 5.10 Å². The Labute approximate surface area is 128 Å². The molecule has 0 spiro atoms. The summed E-state index contributed by atoms with van der Waals surface area (Å²) in [5, 5.41) is 13.4. The van der Waals surface area contributed by atoms with Gasteiger partial charge in [-0.2, -0.15) is 5.10 Å². The van der Waals surface area contributed by atoms with Crippen molar-refractivity contribution in [3.05, 3.63) is 72.3 Å². The average Bonchev–Trinajstić information content (AvgIpc) is 2.55. The predicted molar refractivity (Wildman–Crippen MR) is 85.3 cm³/mol. The van der Waals surface area contributed by atoms with Gasteiger partial charge in [-0.05, 0) is 36.4 Å². The molecule has 0 aromatic heterocycles. The Morgan fingerprint density at radius 1 is 1.23 bits per heavy atom. The molecule has 2 aromatic rings. The number of para-hydroxylation sites is 1. The van der Waals surface area contributed by atoms with Gasteiger partial charge in [0, 0.05) is 11.1 Å². The van der Waals surface area contributed by atoms with Crippen LogP contribution in [-0.4, -0.2) is 23.8 Å². The number of hydrogen-bond acceptors (Lipinski definition) is 4. The van der Waals surface area contributed by atoms with Crippen LogP contribution in [0.3, 0.4) is 0 Å². The first-order valence-corrected chi connectivity index (χ1v) is 6.66. The molecule has 0 aliphatic heterocycles. The van der Waals surface area contributed by atoms with Gasteiger partial charge < -0.3 is 9.84 Å². The summed E-state index contributed by atoms with van der Waals surface area (Å²) in [4.78, 5) is 11.9. The van der Waals surface area contributed by atoms with Gasteiger partial charge in [-0.1, -0.05) is 24.8 Å². The standard InChI is InChI=1S/C17H16N2O3/c1-2-11-22-15-9-7-13(8-10-15)17(21)19-18-12-14-5-3-4-6-16(14)20/h2-10,12,20H,1,11H2,(H,19,21)/b18-12-. The van der Waals surface area contributed by atoms with E-state index in [2.05, 4.69) is 17.1 Å². The second-order valence-electron chi connectivity index (χ2n) is 4.38. The van der Waals surface area contributed by atoms with Crippen molar-refractivity contribution in [1.82, 2.24) is 5.43 Å². The van der Waals surface area contributed by atoms with Crippen LogP contribution in [0.4, 0.5) is 0 Å². The molecule has 5 heteroatoms. The van der Waals surface area contributed by atoms with Gasteiger partial charge in [-0.3, -0.25) is 4.79 Å². The van der Waals surface area contributed by atoms with Crippen molar-refractivity contribution < 1.29 is 14.6 Å². The zero-order valence-corrected chi connectivity index (χ0v) is 11.9. The SMILES string of the molecule is C=CCOc1ccc(C(=O)N/N=C\c2ccccc2O)cc1. The van der Waals surface area contributed by atoms with Gasteiger partial charge in [0.2, 0.25) is 0 Å². The van der Waals surface area contributed by atoms with Gasteiger partial charge in [0.1, 0.15) is 18.1 Å². The molecule has 0 unspecified atom stereocenters. The molecule has 112 valence electrons.